The maximum Gasteiger partial charge on any atom is 0.274 e. The molecule has 0 unspecified atom stereocenters. The molecule has 2 N–H and O–H groups in total. The Bertz CT molecular complexity index is 1050. The zero-order valence-electron chi connectivity index (χ0n) is 14.1. The number of aryl methyl sites for hydroxylation is 1. The summed E-state index contributed by atoms with van der Waals surface area (Å²) in [4.78, 5) is 20.8. The quantitative estimate of drug-likeness (QED) is 0.697. The van der Waals surface area contributed by atoms with E-state index in [9.17, 15) is 9.18 Å². The fourth-order valence-electron chi connectivity index (χ4n) is 2.29. The van der Waals surface area contributed by atoms with E-state index < -0.39 is 11.7 Å². The number of nitriles is 1. The Morgan fingerprint density at radius 3 is 2.48 bits per heavy atom. The van der Waals surface area contributed by atoms with E-state index >= 15 is 0 Å². The molecule has 0 radical (unpaired) electrons. The lowest BCUT2D eigenvalue weighted by atomic mass is 10.2. The average molecular weight is 382 g/mol. The van der Waals surface area contributed by atoms with Crippen LogP contribution in [0.15, 0.2) is 48.5 Å². The van der Waals surface area contributed by atoms with E-state index in [2.05, 4.69) is 20.6 Å². The Balaban J connectivity index is 1.80. The number of hydrogen-bond donors (Lipinski definition) is 2. The first-order valence-corrected chi connectivity index (χ1v) is 8.21. The van der Waals surface area contributed by atoms with Crippen molar-refractivity contribution in [3.8, 4) is 6.07 Å². The van der Waals surface area contributed by atoms with Crippen LogP contribution in [0.4, 0.5) is 21.6 Å². The molecular weight excluding hydrogens is 369 g/mol. The number of rotatable bonds is 4. The molecule has 0 aliphatic rings. The summed E-state index contributed by atoms with van der Waals surface area (Å²) in [6.45, 7) is 1.65. The van der Waals surface area contributed by atoms with Crippen molar-refractivity contribution in [2.24, 2.45) is 0 Å². The first kappa shape index (κ1) is 18.3. The SMILES string of the molecule is Cc1nc(Nc2ccc(F)c(Cl)c2)cc(C(=O)Nc2ccc(C#N)cc2)n1. The van der Waals surface area contributed by atoms with E-state index in [1.807, 2.05) is 6.07 Å². The van der Waals surface area contributed by atoms with E-state index in [4.69, 9.17) is 16.9 Å². The second kappa shape index (κ2) is 7.81. The summed E-state index contributed by atoms with van der Waals surface area (Å²) in [5.41, 5.74) is 1.71. The van der Waals surface area contributed by atoms with E-state index in [1.165, 1.54) is 24.3 Å². The minimum absolute atomic E-state index is 0.0236. The van der Waals surface area contributed by atoms with Gasteiger partial charge in [-0.25, -0.2) is 14.4 Å². The molecule has 0 aliphatic heterocycles. The second-order valence-electron chi connectivity index (χ2n) is 5.58. The highest BCUT2D eigenvalue weighted by atomic mass is 35.5. The Hall–Kier alpha value is -3.50. The molecule has 0 bridgehead atoms. The molecule has 0 atom stereocenters. The number of halogens is 2. The zero-order valence-corrected chi connectivity index (χ0v) is 14.9. The summed E-state index contributed by atoms with van der Waals surface area (Å²) in [6.07, 6.45) is 0. The maximum absolute atomic E-state index is 13.3. The third-order valence-corrected chi connectivity index (χ3v) is 3.82. The van der Waals surface area contributed by atoms with Crippen molar-refractivity contribution >= 4 is 34.7 Å². The summed E-state index contributed by atoms with van der Waals surface area (Å²) in [5.74, 6) is -0.192. The summed E-state index contributed by atoms with van der Waals surface area (Å²) >= 11 is 5.77. The van der Waals surface area contributed by atoms with E-state index in [1.54, 1.807) is 31.2 Å². The molecule has 1 heterocycles. The van der Waals surface area contributed by atoms with Gasteiger partial charge in [-0.15, -0.1) is 0 Å². The van der Waals surface area contributed by atoms with Crippen LogP contribution in [0.3, 0.4) is 0 Å². The number of hydrogen-bond acceptors (Lipinski definition) is 5. The molecule has 3 aromatic rings. The highest BCUT2D eigenvalue weighted by Crippen LogP contribution is 2.22. The van der Waals surface area contributed by atoms with E-state index in [0.29, 0.717) is 28.6 Å². The van der Waals surface area contributed by atoms with Gasteiger partial charge >= 0.3 is 0 Å². The van der Waals surface area contributed by atoms with Gasteiger partial charge in [-0.3, -0.25) is 4.79 Å². The molecule has 1 amide bonds. The monoisotopic (exact) mass is 381 g/mol. The number of carbonyl (C=O) groups is 1. The minimum atomic E-state index is -0.524. The van der Waals surface area contributed by atoms with Crippen LogP contribution in [-0.4, -0.2) is 15.9 Å². The summed E-state index contributed by atoms with van der Waals surface area (Å²) < 4.78 is 13.3. The topological polar surface area (TPSA) is 90.7 Å². The van der Waals surface area contributed by atoms with Crippen molar-refractivity contribution in [3.63, 3.8) is 0 Å². The lowest BCUT2D eigenvalue weighted by Crippen LogP contribution is -2.15. The third-order valence-electron chi connectivity index (χ3n) is 3.53. The van der Waals surface area contributed by atoms with Crippen molar-refractivity contribution in [2.75, 3.05) is 10.6 Å². The maximum atomic E-state index is 13.3. The molecule has 0 saturated heterocycles. The molecule has 0 aliphatic carbocycles. The number of nitrogens with zero attached hydrogens (tertiary/aromatic N) is 3. The summed E-state index contributed by atoms with van der Waals surface area (Å²) in [5, 5.41) is 14.5. The van der Waals surface area contributed by atoms with Gasteiger partial charge in [0.1, 0.15) is 23.2 Å². The van der Waals surface area contributed by atoms with Gasteiger partial charge in [0, 0.05) is 17.4 Å². The van der Waals surface area contributed by atoms with Crippen molar-refractivity contribution in [1.29, 1.82) is 5.26 Å². The predicted octanol–water partition coefficient (Wildman–Crippen LogP) is 4.45. The number of anilines is 3. The molecule has 1 aromatic heterocycles. The van der Waals surface area contributed by atoms with Crippen LogP contribution in [0.2, 0.25) is 5.02 Å². The number of amides is 1. The molecule has 0 saturated carbocycles. The van der Waals surface area contributed by atoms with Gasteiger partial charge in [0.15, 0.2) is 0 Å². The number of nitrogens with one attached hydrogen (secondary N) is 2. The molecule has 2 aromatic carbocycles. The van der Waals surface area contributed by atoms with Gasteiger partial charge in [0.05, 0.1) is 16.7 Å². The lowest BCUT2D eigenvalue weighted by Gasteiger charge is -2.10. The number of aromatic nitrogens is 2. The van der Waals surface area contributed by atoms with Gasteiger partial charge < -0.3 is 10.6 Å². The van der Waals surface area contributed by atoms with Gasteiger partial charge in [0.25, 0.3) is 5.91 Å². The molecule has 6 nitrogen and oxygen atoms in total. The highest BCUT2D eigenvalue weighted by Gasteiger charge is 2.12. The predicted molar refractivity (Wildman–Crippen MR) is 101 cm³/mol. The molecule has 0 fully saturated rings. The van der Waals surface area contributed by atoms with Crippen LogP contribution in [0.1, 0.15) is 21.9 Å². The van der Waals surface area contributed by atoms with E-state index in [0.717, 1.165) is 0 Å². The molecule has 8 heteroatoms. The van der Waals surface area contributed by atoms with Crippen molar-refractivity contribution < 1.29 is 9.18 Å². The van der Waals surface area contributed by atoms with Crippen LogP contribution in [0, 0.1) is 24.1 Å². The van der Waals surface area contributed by atoms with Crippen LogP contribution in [-0.2, 0) is 0 Å². The van der Waals surface area contributed by atoms with Crippen molar-refractivity contribution in [1.82, 2.24) is 9.97 Å². The lowest BCUT2D eigenvalue weighted by molar-refractivity contribution is 0.102. The highest BCUT2D eigenvalue weighted by molar-refractivity contribution is 6.31. The molecule has 3 rings (SSSR count). The zero-order chi connectivity index (χ0) is 19.4. The van der Waals surface area contributed by atoms with Crippen molar-refractivity contribution in [2.45, 2.75) is 6.92 Å². The standard InChI is InChI=1S/C19H13ClFN5O/c1-11-23-17(19(27)26-13-4-2-12(10-22)3-5-13)9-18(24-11)25-14-6-7-16(21)15(20)8-14/h2-9H,1H3,(H,26,27)(H,23,24,25). The average Bonchev–Trinajstić information content (AvgIpc) is 2.65. The smallest absolute Gasteiger partial charge is 0.274 e. The van der Waals surface area contributed by atoms with E-state index in [-0.39, 0.29) is 10.7 Å². The fraction of sp³-hybridized carbons (Fsp3) is 0.0526. The van der Waals surface area contributed by atoms with Crippen LogP contribution < -0.4 is 10.6 Å². The summed E-state index contributed by atoms with van der Waals surface area (Å²) in [6, 6.07) is 14.1. The largest absolute Gasteiger partial charge is 0.340 e. The first-order valence-electron chi connectivity index (χ1n) is 7.84. The van der Waals surface area contributed by atoms with Gasteiger partial charge in [-0.2, -0.15) is 5.26 Å². The van der Waals surface area contributed by atoms with Gasteiger partial charge in [-0.1, -0.05) is 11.6 Å². The Morgan fingerprint density at radius 1 is 1.11 bits per heavy atom. The van der Waals surface area contributed by atoms with Crippen LogP contribution >= 0.6 is 11.6 Å². The van der Waals surface area contributed by atoms with Crippen LogP contribution in [0.25, 0.3) is 0 Å². The van der Waals surface area contributed by atoms with Gasteiger partial charge in [0.2, 0.25) is 0 Å². The Labute approximate surface area is 159 Å². The molecule has 0 spiro atoms. The fourth-order valence-corrected chi connectivity index (χ4v) is 2.47. The molecule has 27 heavy (non-hydrogen) atoms. The van der Waals surface area contributed by atoms with Crippen molar-refractivity contribution in [3.05, 3.63) is 76.5 Å². The van der Waals surface area contributed by atoms with Gasteiger partial charge in [-0.05, 0) is 49.4 Å². The molecular formula is C19H13ClFN5O. The Morgan fingerprint density at radius 2 is 1.81 bits per heavy atom. The summed E-state index contributed by atoms with van der Waals surface area (Å²) in [7, 11) is 0. The third kappa shape index (κ3) is 4.57. The van der Waals surface area contributed by atoms with Crippen LogP contribution in [0.5, 0.6) is 0 Å². The second-order valence-corrected chi connectivity index (χ2v) is 5.99. The normalized spacial score (nSPS) is 10.1. The molecule has 134 valence electrons. The minimum Gasteiger partial charge on any atom is -0.340 e. The first-order chi connectivity index (χ1) is 12.9. The number of carbonyl (C=O) groups excluding carboxylic acids is 1. The Kier molecular flexibility index (Phi) is 5.29. The number of benzene rings is 2.